The van der Waals surface area contributed by atoms with Gasteiger partial charge in [-0.2, -0.15) is 0 Å². The third kappa shape index (κ3) is 2.44. The monoisotopic (exact) mass is 237 g/mol. The molecule has 2 heteroatoms. The predicted molar refractivity (Wildman–Crippen MR) is 73.0 cm³/mol. The summed E-state index contributed by atoms with van der Waals surface area (Å²) in [6.45, 7) is 0.886. The molecule has 0 saturated heterocycles. The number of nitrogens with one attached hydrogen (secondary N) is 1. The van der Waals surface area contributed by atoms with Crippen molar-refractivity contribution in [2.24, 2.45) is 0 Å². The van der Waals surface area contributed by atoms with E-state index in [1.54, 1.807) is 0 Å². The Morgan fingerprint density at radius 1 is 1.22 bits per heavy atom. The summed E-state index contributed by atoms with van der Waals surface area (Å²) in [5.74, 6) is 0. The second-order valence-electron chi connectivity index (χ2n) is 4.79. The molecule has 0 spiro atoms. The smallest absolute Gasteiger partial charge is 0.0705 e. The molecule has 2 aromatic rings. The van der Waals surface area contributed by atoms with E-state index in [0.717, 1.165) is 12.2 Å². The minimum Gasteiger partial charge on any atom is -0.310 e. The molecule has 1 aliphatic carbocycles. The Bertz CT molecular complexity index is 504. The molecule has 1 saturated carbocycles. The summed E-state index contributed by atoms with van der Waals surface area (Å²) in [5, 5.41) is 3.59. The van der Waals surface area contributed by atoms with Gasteiger partial charge >= 0.3 is 0 Å². The van der Waals surface area contributed by atoms with Gasteiger partial charge in [0, 0.05) is 24.3 Å². The third-order valence-corrected chi connectivity index (χ3v) is 3.56. The SMILES string of the molecule is [c]1cccc(-c2ccccn2)c1CNC1CCC1. The second-order valence-corrected chi connectivity index (χ2v) is 4.79. The maximum Gasteiger partial charge on any atom is 0.0705 e. The molecule has 1 heterocycles. The molecule has 1 aromatic heterocycles. The lowest BCUT2D eigenvalue weighted by molar-refractivity contribution is 0.338. The highest BCUT2D eigenvalue weighted by Crippen LogP contribution is 2.23. The van der Waals surface area contributed by atoms with Gasteiger partial charge in [0.25, 0.3) is 0 Å². The summed E-state index contributed by atoms with van der Waals surface area (Å²) in [4.78, 5) is 4.42. The largest absolute Gasteiger partial charge is 0.310 e. The summed E-state index contributed by atoms with van der Waals surface area (Å²) in [7, 11) is 0. The van der Waals surface area contributed by atoms with Crippen molar-refractivity contribution >= 4 is 0 Å². The van der Waals surface area contributed by atoms with Crippen molar-refractivity contribution in [3.05, 3.63) is 54.2 Å². The van der Waals surface area contributed by atoms with Gasteiger partial charge in [-0.3, -0.25) is 4.98 Å². The lowest BCUT2D eigenvalue weighted by atomic mass is 9.92. The number of rotatable bonds is 4. The van der Waals surface area contributed by atoms with Gasteiger partial charge in [0.05, 0.1) is 5.69 Å². The molecule has 0 aliphatic heterocycles. The van der Waals surface area contributed by atoms with Crippen LogP contribution in [0.15, 0.2) is 42.6 Å². The first-order valence-electron chi connectivity index (χ1n) is 6.58. The number of hydrogen-bond acceptors (Lipinski definition) is 2. The molecule has 1 fully saturated rings. The highest BCUT2D eigenvalue weighted by molar-refractivity contribution is 5.63. The molecule has 1 radical (unpaired) electrons. The zero-order valence-corrected chi connectivity index (χ0v) is 10.4. The van der Waals surface area contributed by atoms with Crippen molar-refractivity contribution in [3.8, 4) is 11.3 Å². The molecule has 1 aliphatic rings. The zero-order chi connectivity index (χ0) is 12.2. The third-order valence-electron chi connectivity index (χ3n) is 3.56. The average Bonchev–Trinajstić information content (AvgIpc) is 2.39. The topological polar surface area (TPSA) is 24.9 Å². The minimum absolute atomic E-state index is 0.704. The molecule has 2 nitrogen and oxygen atoms in total. The van der Waals surface area contributed by atoms with E-state index in [9.17, 15) is 0 Å². The van der Waals surface area contributed by atoms with Crippen LogP contribution in [0.4, 0.5) is 0 Å². The van der Waals surface area contributed by atoms with E-state index in [1.807, 2.05) is 30.5 Å². The Balaban J connectivity index is 1.80. The van der Waals surface area contributed by atoms with Crippen LogP contribution in [0.1, 0.15) is 24.8 Å². The highest BCUT2D eigenvalue weighted by Gasteiger charge is 2.16. The molecule has 0 atom stereocenters. The van der Waals surface area contributed by atoms with Gasteiger partial charge in [0.15, 0.2) is 0 Å². The molecule has 91 valence electrons. The molecule has 0 bridgehead atoms. The molecular formula is C16H17N2. The Labute approximate surface area is 108 Å². The van der Waals surface area contributed by atoms with E-state index in [1.165, 1.54) is 30.4 Å². The van der Waals surface area contributed by atoms with Gasteiger partial charge < -0.3 is 5.32 Å². The van der Waals surface area contributed by atoms with Crippen LogP contribution < -0.4 is 5.32 Å². The first-order chi connectivity index (χ1) is 8.93. The van der Waals surface area contributed by atoms with Gasteiger partial charge in [0.2, 0.25) is 0 Å². The van der Waals surface area contributed by atoms with Crippen molar-refractivity contribution in [1.82, 2.24) is 10.3 Å². The van der Waals surface area contributed by atoms with Gasteiger partial charge in [-0.1, -0.05) is 30.7 Å². The first kappa shape index (κ1) is 11.4. The van der Waals surface area contributed by atoms with E-state index >= 15 is 0 Å². The number of nitrogens with zero attached hydrogens (tertiary/aromatic N) is 1. The van der Waals surface area contributed by atoms with Crippen LogP contribution in [0.3, 0.4) is 0 Å². The van der Waals surface area contributed by atoms with Gasteiger partial charge in [-0.25, -0.2) is 0 Å². The van der Waals surface area contributed by atoms with Crippen LogP contribution in [0.5, 0.6) is 0 Å². The van der Waals surface area contributed by atoms with Crippen molar-refractivity contribution in [2.75, 3.05) is 0 Å². The molecule has 3 rings (SSSR count). The number of benzene rings is 1. The average molecular weight is 237 g/mol. The Morgan fingerprint density at radius 3 is 2.89 bits per heavy atom. The van der Waals surface area contributed by atoms with Gasteiger partial charge in [-0.05, 0) is 36.6 Å². The van der Waals surface area contributed by atoms with E-state index in [4.69, 9.17) is 0 Å². The lowest BCUT2D eigenvalue weighted by Crippen LogP contribution is -2.34. The van der Waals surface area contributed by atoms with Crippen molar-refractivity contribution in [2.45, 2.75) is 31.8 Å². The highest BCUT2D eigenvalue weighted by atomic mass is 14.9. The van der Waals surface area contributed by atoms with Crippen molar-refractivity contribution in [1.29, 1.82) is 0 Å². The molecule has 0 amide bonds. The molecule has 18 heavy (non-hydrogen) atoms. The Morgan fingerprint density at radius 2 is 2.17 bits per heavy atom. The standard InChI is InChI=1S/C16H17N2/c1-2-9-15(16-10-3-4-11-17-16)13(6-1)12-18-14-7-5-8-14/h1-4,9-11,14,18H,5,7-8,12H2. The van der Waals surface area contributed by atoms with Crippen molar-refractivity contribution < 1.29 is 0 Å². The minimum atomic E-state index is 0.704. The fourth-order valence-electron chi connectivity index (χ4n) is 2.24. The van der Waals surface area contributed by atoms with Crippen LogP contribution in [0, 0.1) is 6.07 Å². The van der Waals surface area contributed by atoms with E-state index in [0.29, 0.717) is 6.04 Å². The maximum absolute atomic E-state index is 4.42. The van der Waals surface area contributed by atoms with Crippen LogP contribution in [0.25, 0.3) is 11.3 Å². The molecule has 1 aromatic carbocycles. The molecular weight excluding hydrogens is 220 g/mol. The number of pyridine rings is 1. The van der Waals surface area contributed by atoms with Crippen LogP contribution in [0.2, 0.25) is 0 Å². The summed E-state index contributed by atoms with van der Waals surface area (Å²) in [5.41, 5.74) is 3.42. The Hall–Kier alpha value is -1.67. The fourth-order valence-corrected chi connectivity index (χ4v) is 2.24. The fraction of sp³-hybridized carbons (Fsp3) is 0.312. The second kappa shape index (κ2) is 5.32. The van der Waals surface area contributed by atoms with E-state index < -0.39 is 0 Å². The van der Waals surface area contributed by atoms with Crippen molar-refractivity contribution in [3.63, 3.8) is 0 Å². The van der Waals surface area contributed by atoms with Gasteiger partial charge in [0.1, 0.15) is 0 Å². The van der Waals surface area contributed by atoms with Crippen LogP contribution >= 0.6 is 0 Å². The maximum atomic E-state index is 4.42. The van der Waals surface area contributed by atoms with E-state index in [2.05, 4.69) is 28.5 Å². The van der Waals surface area contributed by atoms with Crippen LogP contribution in [-0.2, 0) is 6.54 Å². The van der Waals surface area contributed by atoms with Crippen LogP contribution in [-0.4, -0.2) is 11.0 Å². The summed E-state index contributed by atoms with van der Waals surface area (Å²) in [6.07, 6.45) is 5.83. The molecule has 1 N–H and O–H groups in total. The molecule has 0 unspecified atom stereocenters. The van der Waals surface area contributed by atoms with Gasteiger partial charge in [-0.15, -0.1) is 0 Å². The predicted octanol–water partition coefficient (Wildman–Crippen LogP) is 3.19. The lowest BCUT2D eigenvalue weighted by Gasteiger charge is -2.26. The summed E-state index contributed by atoms with van der Waals surface area (Å²) < 4.78 is 0. The number of hydrogen-bond donors (Lipinski definition) is 1. The Kier molecular flexibility index (Phi) is 3.37. The normalized spacial score (nSPS) is 15.3. The summed E-state index contributed by atoms with van der Waals surface area (Å²) >= 11 is 0. The zero-order valence-electron chi connectivity index (χ0n) is 10.4. The quantitative estimate of drug-likeness (QED) is 0.883. The number of aromatic nitrogens is 1. The summed E-state index contributed by atoms with van der Waals surface area (Å²) in [6, 6.07) is 16.2. The first-order valence-corrected chi connectivity index (χ1v) is 6.58. The van der Waals surface area contributed by atoms with E-state index in [-0.39, 0.29) is 0 Å².